The molecule has 7 nitrogen and oxygen atoms in total. The van der Waals surface area contributed by atoms with Gasteiger partial charge in [-0.25, -0.2) is 4.39 Å². The molecule has 1 fully saturated rings. The van der Waals surface area contributed by atoms with E-state index in [0.717, 1.165) is 28.4 Å². The first-order chi connectivity index (χ1) is 18.9. The summed E-state index contributed by atoms with van der Waals surface area (Å²) in [6, 6.07) is 12.6. The molecule has 3 atom stereocenters. The lowest BCUT2D eigenvalue weighted by molar-refractivity contribution is -0.139. The highest BCUT2D eigenvalue weighted by Crippen LogP contribution is 2.32. The van der Waals surface area contributed by atoms with Crippen LogP contribution in [0.15, 0.2) is 60.2 Å². The lowest BCUT2D eigenvalue weighted by Gasteiger charge is -2.41. The zero-order chi connectivity index (χ0) is 27.8. The SMILES string of the molecule is O=C(NCCO)C1=CC(Oc2ccccc2I)C(O)C(N(Cc2ccc(F)cc2)C(=O)CCC2CCCC2)C1. The molecule has 2 aromatic carbocycles. The third-order valence-corrected chi connectivity index (χ3v) is 8.43. The summed E-state index contributed by atoms with van der Waals surface area (Å²) in [5, 5.41) is 23.5. The number of aliphatic hydroxyl groups is 2. The molecule has 3 unspecified atom stereocenters. The van der Waals surface area contributed by atoms with E-state index in [9.17, 15) is 24.2 Å². The summed E-state index contributed by atoms with van der Waals surface area (Å²) >= 11 is 2.15. The van der Waals surface area contributed by atoms with Gasteiger partial charge in [-0.05, 0) is 70.8 Å². The molecule has 0 radical (unpaired) electrons. The maximum Gasteiger partial charge on any atom is 0.247 e. The number of nitrogens with one attached hydrogen (secondary N) is 1. The molecule has 39 heavy (non-hydrogen) atoms. The quantitative estimate of drug-likeness (QED) is 0.315. The van der Waals surface area contributed by atoms with Gasteiger partial charge >= 0.3 is 0 Å². The second-order valence-corrected chi connectivity index (χ2v) is 11.4. The molecule has 0 aromatic heterocycles. The lowest BCUT2D eigenvalue weighted by Crippen LogP contribution is -2.54. The predicted octanol–water partition coefficient (Wildman–Crippen LogP) is 4.35. The summed E-state index contributed by atoms with van der Waals surface area (Å²) < 4.78 is 20.7. The summed E-state index contributed by atoms with van der Waals surface area (Å²) in [5.41, 5.74) is 1.11. The number of rotatable bonds is 11. The van der Waals surface area contributed by atoms with Crippen molar-refractivity contribution >= 4 is 34.4 Å². The first-order valence-electron chi connectivity index (χ1n) is 13.6. The van der Waals surface area contributed by atoms with Crippen LogP contribution in [0, 0.1) is 15.3 Å². The average molecular weight is 651 g/mol. The van der Waals surface area contributed by atoms with Gasteiger partial charge in [0, 0.05) is 31.5 Å². The highest BCUT2D eigenvalue weighted by Gasteiger charge is 2.40. The van der Waals surface area contributed by atoms with Crippen molar-refractivity contribution in [1.82, 2.24) is 10.2 Å². The zero-order valence-corrected chi connectivity index (χ0v) is 24.1. The summed E-state index contributed by atoms with van der Waals surface area (Å²) in [6.07, 6.45) is 5.50. The van der Waals surface area contributed by atoms with Gasteiger partial charge in [0.05, 0.1) is 16.2 Å². The number of hydrogen-bond acceptors (Lipinski definition) is 5. The summed E-state index contributed by atoms with van der Waals surface area (Å²) in [5.74, 6) is 0.228. The average Bonchev–Trinajstić information content (AvgIpc) is 3.46. The smallest absolute Gasteiger partial charge is 0.247 e. The number of halogens is 2. The molecule has 210 valence electrons. The fraction of sp³-hybridized carbons (Fsp3) is 0.467. The Hall–Kier alpha value is -2.50. The van der Waals surface area contributed by atoms with Gasteiger partial charge in [-0.15, -0.1) is 0 Å². The van der Waals surface area contributed by atoms with Crippen LogP contribution in [-0.2, 0) is 16.1 Å². The van der Waals surface area contributed by atoms with Crippen LogP contribution in [0.3, 0.4) is 0 Å². The molecule has 9 heteroatoms. The first kappa shape index (κ1) is 29.5. The standard InChI is InChI=1S/C30H36FIN2O5/c31-23-12-9-21(10-13-23)19-34(28(36)14-11-20-5-1-2-6-20)25-17-22(30(38)33-15-16-35)18-27(29(25)37)39-26-8-4-3-7-24(26)32/h3-4,7-10,12-13,18,20,25,27,29,35,37H,1-2,5-6,11,14-17,19H2,(H,33,38). The van der Waals surface area contributed by atoms with E-state index in [-0.39, 0.29) is 43.7 Å². The van der Waals surface area contributed by atoms with Crippen molar-refractivity contribution in [3.63, 3.8) is 0 Å². The van der Waals surface area contributed by atoms with Crippen molar-refractivity contribution in [1.29, 1.82) is 0 Å². The van der Waals surface area contributed by atoms with E-state index in [0.29, 0.717) is 23.7 Å². The third-order valence-electron chi connectivity index (χ3n) is 7.54. The van der Waals surface area contributed by atoms with Gasteiger partial charge in [-0.1, -0.05) is 49.9 Å². The van der Waals surface area contributed by atoms with Crippen LogP contribution in [0.25, 0.3) is 0 Å². The van der Waals surface area contributed by atoms with Crippen LogP contribution in [0.2, 0.25) is 0 Å². The van der Waals surface area contributed by atoms with E-state index in [1.165, 1.54) is 25.0 Å². The molecule has 0 bridgehead atoms. The fourth-order valence-electron chi connectivity index (χ4n) is 5.41. The summed E-state index contributed by atoms with van der Waals surface area (Å²) in [6.45, 7) is 0.0569. The van der Waals surface area contributed by atoms with Gasteiger partial charge in [-0.3, -0.25) is 9.59 Å². The fourth-order valence-corrected chi connectivity index (χ4v) is 5.93. The highest BCUT2D eigenvalue weighted by atomic mass is 127. The largest absolute Gasteiger partial charge is 0.482 e. The van der Waals surface area contributed by atoms with E-state index in [1.54, 1.807) is 29.2 Å². The Morgan fingerprint density at radius 1 is 1.10 bits per heavy atom. The Kier molecular flexibility index (Phi) is 10.8. The van der Waals surface area contributed by atoms with E-state index in [2.05, 4.69) is 27.9 Å². The number of para-hydroxylation sites is 1. The Balaban J connectivity index is 1.63. The minimum absolute atomic E-state index is 0.0884. The highest BCUT2D eigenvalue weighted by molar-refractivity contribution is 14.1. The summed E-state index contributed by atoms with van der Waals surface area (Å²) in [4.78, 5) is 28.3. The maximum atomic E-state index is 13.7. The van der Waals surface area contributed by atoms with Crippen LogP contribution in [0.5, 0.6) is 5.75 Å². The second kappa shape index (κ2) is 14.2. The molecule has 2 aliphatic rings. The number of nitrogens with zero attached hydrogens (tertiary/aromatic N) is 1. The molecule has 0 spiro atoms. The van der Waals surface area contributed by atoms with Crippen molar-refractivity contribution in [3.8, 4) is 5.75 Å². The lowest BCUT2D eigenvalue weighted by atomic mass is 9.87. The van der Waals surface area contributed by atoms with Crippen LogP contribution < -0.4 is 10.1 Å². The molecule has 4 rings (SSSR count). The van der Waals surface area contributed by atoms with Gasteiger partial charge in [0.15, 0.2) is 0 Å². The molecule has 3 N–H and O–H groups in total. The Bertz CT molecular complexity index is 1150. The van der Waals surface area contributed by atoms with E-state index >= 15 is 0 Å². The van der Waals surface area contributed by atoms with Gasteiger partial charge < -0.3 is 25.2 Å². The zero-order valence-electron chi connectivity index (χ0n) is 21.9. The van der Waals surface area contributed by atoms with E-state index in [4.69, 9.17) is 4.74 Å². The number of hydrogen-bond donors (Lipinski definition) is 3. The molecular weight excluding hydrogens is 614 g/mol. The van der Waals surface area contributed by atoms with Crippen molar-refractivity contribution in [2.24, 2.45) is 5.92 Å². The number of carbonyl (C=O) groups is 2. The molecule has 2 aromatic rings. The van der Waals surface area contributed by atoms with Crippen LogP contribution >= 0.6 is 22.6 Å². The van der Waals surface area contributed by atoms with Crippen LogP contribution in [0.4, 0.5) is 4.39 Å². The van der Waals surface area contributed by atoms with Gasteiger partial charge in [-0.2, -0.15) is 0 Å². The van der Waals surface area contributed by atoms with E-state index in [1.807, 2.05) is 18.2 Å². The second-order valence-electron chi connectivity index (χ2n) is 10.3. The molecule has 1 saturated carbocycles. The van der Waals surface area contributed by atoms with Crippen LogP contribution in [0.1, 0.15) is 50.5 Å². The molecule has 0 saturated heterocycles. The number of ether oxygens (including phenoxy) is 1. The third kappa shape index (κ3) is 8.02. The Morgan fingerprint density at radius 3 is 2.51 bits per heavy atom. The van der Waals surface area contributed by atoms with Crippen LogP contribution in [-0.4, -0.2) is 58.3 Å². The first-order valence-corrected chi connectivity index (χ1v) is 14.7. The van der Waals surface area contributed by atoms with Crippen molar-refractivity contribution in [2.75, 3.05) is 13.2 Å². The van der Waals surface area contributed by atoms with Gasteiger partial charge in [0.1, 0.15) is 23.8 Å². The normalized spacial score (nSPS) is 21.3. The molecule has 2 aliphatic carbocycles. The molecule has 2 amide bonds. The minimum atomic E-state index is -1.11. The van der Waals surface area contributed by atoms with Gasteiger partial charge in [0.2, 0.25) is 11.8 Å². The van der Waals surface area contributed by atoms with E-state index < -0.39 is 18.2 Å². The Morgan fingerprint density at radius 2 is 1.82 bits per heavy atom. The minimum Gasteiger partial charge on any atom is -0.482 e. The number of carbonyl (C=O) groups excluding carboxylic acids is 2. The number of benzene rings is 2. The molecule has 0 heterocycles. The maximum absolute atomic E-state index is 13.7. The van der Waals surface area contributed by atoms with Crippen molar-refractivity contribution in [2.45, 2.75) is 69.7 Å². The summed E-state index contributed by atoms with van der Waals surface area (Å²) in [7, 11) is 0. The topological polar surface area (TPSA) is 99.1 Å². The Labute approximate surface area is 242 Å². The molecule has 0 aliphatic heterocycles. The number of amides is 2. The monoisotopic (exact) mass is 650 g/mol. The number of aliphatic hydroxyl groups excluding tert-OH is 2. The van der Waals surface area contributed by atoms with Crippen molar-refractivity contribution < 1.29 is 28.9 Å². The van der Waals surface area contributed by atoms with Gasteiger partial charge in [0.25, 0.3) is 0 Å². The van der Waals surface area contributed by atoms with Crippen molar-refractivity contribution in [3.05, 3.63) is 75.1 Å². The predicted molar refractivity (Wildman–Crippen MR) is 154 cm³/mol. The molecular formula is C30H36FIN2O5.